The molecule has 0 aromatic heterocycles. The van der Waals surface area contributed by atoms with Crippen LogP contribution in [0.4, 0.5) is 0 Å². The van der Waals surface area contributed by atoms with Crippen LogP contribution in [0, 0.1) is 35.5 Å². The minimum atomic E-state index is -0.938. The molecule has 0 bridgehead atoms. The predicted molar refractivity (Wildman–Crippen MR) is 145 cm³/mol. The fraction of sp³-hybridized carbons (Fsp3) is 0.862. The van der Waals surface area contributed by atoms with E-state index in [2.05, 4.69) is 13.8 Å². The predicted octanol–water partition coefficient (Wildman–Crippen LogP) is 5.25. The highest BCUT2D eigenvalue weighted by atomic mass is 16.7. The lowest BCUT2D eigenvalue weighted by molar-refractivity contribution is -0.198. The molecule has 8 nitrogen and oxygen atoms in total. The van der Waals surface area contributed by atoms with Gasteiger partial charge in [-0.05, 0) is 65.0 Å². The number of aliphatic carboxylic acids is 1. The third-order valence-corrected chi connectivity index (χ3v) is 8.08. The topological polar surface area (TPSA) is 117 Å². The second kappa shape index (κ2) is 15.1. The second-order valence-corrected chi connectivity index (χ2v) is 11.8. The van der Waals surface area contributed by atoms with Crippen molar-refractivity contribution in [2.75, 3.05) is 14.1 Å². The van der Waals surface area contributed by atoms with E-state index in [4.69, 9.17) is 9.47 Å². The highest BCUT2D eigenvalue weighted by Gasteiger charge is 2.38. The molecule has 0 saturated carbocycles. The smallest absolute Gasteiger partial charge is 0.308 e. The molecule has 3 unspecified atom stereocenters. The number of hydrogen-bond donors (Lipinski definition) is 3. The Morgan fingerprint density at radius 1 is 1.05 bits per heavy atom. The van der Waals surface area contributed by atoms with Crippen molar-refractivity contribution < 1.29 is 34.4 Å². The summed E-state index contributed by atoms with van der Waals surface area (Å²) in [5.41, 5.74) is 0. The molecule has 0 saturated heterocycles. The molecule has 216 valence electrons. The van der Waals surface area contributed by atoms with E-state index in [9.17, 15) is 24.9 Å². The van der Waals surface area contributed by atoms with Crippen LogP contribution in [0.25, 0.3) is 0 Å². The van der Waals surface area contributed by atoms with Gasteiger partial charge in [0.05, 0.1) is 24.2 Å². The van der Waals surface area contributed by atoms with Gasteiger partial charge in [0, 0.05) is 18.3 Å². The van der Waals surface area contributed by atoms with Gasteiger partial charge in [-0.2, -0.15) is 0 Å². The minimum Gasteiger partial charge on any atom is -0.507 e. The quantitative estimate of drug-likeness (QED) is 0.249. The summed E-state index contributed by atoms with van der Waals surface area (Å²) in [6.07, 6.45) is 1.70. The first-order valence-corrected chi connectivity index (χ1v) is 13.9. The first-order chi connectivity index (χ1) is 17.1. The number of ether oxygens (including phenoxy) is 2. The Labute approximate surface area is 224 Å². The number of rotatable bonds is 16. The Bertz CT molecular complexity index is 767. The van der Waals surface area contributed by atoms with Gasteiger partial charge >= 0.3 is 5.97 Å². The lowest BCUT2D eigenvalue weighted by Crippen LogP contribution is -2.44. The maximum absolute atomic E-state index is 13.0. The lowest BCUT2D eigenvalue weighted by atomic mass is 9.79. The van der Waals surface area contributed by atoms with E-state index in [-0.39, 0.29) is 41.3 Å². The summed E-state index contributed by atoms with van der Waals surface area (Å²) in [4.78, 5) is 26.9. The highest BCUT2D eigenvalue weighted by molar-refractivity contribution is 5.83. The molecule has 1 heterocycles. The summed E-state index contributed by atoms with van der Waals surface area (Å²) in [6, 6.07) is -0.266. The number of allylic oxidation sites excluding steroid dienone is 1. The molecule has 8 heteroatoms. The normalized spacial score (nSPS) is 25.0. The SMILES string of the molecule is CCC[C@H](C)C(O)[C@@H](C)C(=O)[C@H](C)C[C@H](C)C[C@@H](C)C(O[C@H]1CC(N(C)C)C(O)=C(C)O1)[C@@H](C)C(=O)O. The number of aliphatic hydroxyl groups excluding tert-OH is 2. The van der Waals surface area contributed by atoms with Crippen LogP contribution in [-0.4, -0.2) is 70.6 Å². The number of carboxylic acid groups (broad SMARTS) is 1. The molecule has 0 spiro atoms. The van der Waals surface area contributed by atoms with E-state index in [1.165, 1.54) is 0 Å². The third kappa shape index (κ3) is 9.56. The summed E-state index contributed by atoms with van der Waals surface area (Å²) < 4.78 is 12.1. The van der Waals surface area contributed by atoms with Crippen LogP contribution in [0.1, 0.15) is 87.5 Å². The van der Waals surface area contributed by atoms with Crippen LogP contribution in [0.2, 0.25) is 0 Å². The number of aliphatic hydroxyl groups is 2. The zero-order valence-electron chi connectivity index (χ0n) is 24.7. The Kier molecular flexibility index (Phi) is 13.6. The van der Waals surface area contributed by atoms with Crippen molar-refractivity contribution >= 4 is 11.8 Å². The van der Waals surface area contributed by atoms with Gasteiger partial charge in [-0.15, -0.1) is 0 Å². The van der Waals surface area contributed by atoms with Crippen molar-refractivity contribution in [3.63, 3.8) is 0 Å². The average molecular weight is 528 g/mol. The van der Waals surface area contributed by atoms with Gasteiger partial charge in [0.2, 0.25) is 6.29 Å². The van der Waals surface area contributed by atoms with Gasteiger partial charge in [-0.25, -0.2) is 0 Å². The number of nitrogens with zero attached hydrogens (tertiary/aromatic N) is 1. The fourth-order valence-corrected chi connectivity index (χ4v) is 5.75. The summed E-state index contributed by atoms with van der Waals surface area (Å²) in [7, 11) is 3.73. The monoisotopic (exact) mass is 527 g/mol. The fourth-order valence-electron chi connectivity index (χ4n) is 5.75. The molecule has 0 fully saturated rings. The standard InChI is InChI=1S/C29H53NO7/c1-11-12-17(3)25(31)20(6)26(32)18(4)13-16(2)14-19(5)28(21(7)29(34)35)37-24-15-23(30(9)10)27(33)22(8)36-24/h16-21,23-25,28,31,33H,11-15H2,1-10H3,(H,34,35)/t16-,17-,18+,19+,20+,21+,23?,24-,25?,28?/m0/s1. The van der Waals surface area contributed by atoms with Gasteiger partial charge in [0.25, 0.3) is 0 Å². The number of Topliss-reactive ketones (excluding diaryl/α,β-unsaturated/α-hetero) is 1. The number of carbonyl (C=O) groups excluding carboxylic acids is 1. The van der Waals surface area contributed by atoms with Crippen molar-refractivity contribution in [1.82, 2.24) is 4.90 Å². The van der Waals surface area contributed by atoms with E-state index >= 15 is 0 Å². The maximum Gasteiger partial charge on any atom is 0.308 e. The number of hydrogen-bond acceptors (Lipinski definition) is 7. The van der Waals surface area contributed by atoms with E-state index in [0.29, 0.717) is 25.0 Å². The highest BCUT2D eigenvalue weighted by Crippen LogP contribution is 2.33. The van der Waals surface area contributed by atoms with Crippen LogP contribution >= 0.6 is 0 Å². The first-order valence-electron chi connectivity index (χ1n) is 13.9. The summed E-state index contributed by atoms with van der Waals surface area (Å²) >= 11 is 0. The van der Waals surface area contributed by atoms with Gasteiger partial charge in [0.15, 0.2) is 0 Å². The third-order valence-electron chi connectivity index (χ3n) is 8.08. The van der Waals surface area contributed by atoms with E-state index in [0.717, 1.165) is 12.8 Å². The molecule has 0 aromatic carbocycles. The van der Waals surface area contributed by atoms with Gasteiger partial charge < -0.3 is 24.8 Å². The summed E-state index contributed by atoms with van der Waals surface area (Å²) in [6.45, 7) is 15.2. The molecular formula is C29H53NO7. The van der Waals surface area contributed by atoms with Crippen LogP contribution in [0.3, 0.4) is 0 Å². The molecule has 1 aliphatic heterocycles. The molecule has 0 aromatic rings. The van der Waals surface area contributed by atoms with Crippen LogP contribution in [0.5, 0.6) is 0 Å². The van der Waals surface area contributed by atoms with E-state index in [1.807, 2.05) is 46.7 Å². The van der Waals surface area contributed by atoms with Crippen molar-refractivity contribution in [1.29, 1.82) is 0 Å². The molecule has 0 aliphatic carbocycles. The molecule has 3 N–H and O–H groups in total. The average Bonchev–Trinajstić information content (AvgIpc) is 2.82. The molecule has 0 amide bonds. The van der Waals surface area contributed by atoms with Crippen molar-refractivity contribution in [2.24, 2.45) is 35.5 Å². The zero-order valence-corrected chi connectivity index (χ0v) is 24.7. The Morgan fingerprint density at radius 3 is 2.16 bits per heavy atom. The second-order valence-electron chi connectivity index (χ2n) is 11.8. The van der Waals surface area contributed by atoms with Crippen LogP contribution in [0.15, 0.2) is 11.5 Å². The van der Waals surface area contributed by atoms with E-state index < -0.39 is 36.3 Å². The summed E-state index contributed by atoms with van der Waals surface area (Å²) in [5, 5.41) is 30.7. The summed E-state index contributed by atoms with van der Waals surface area (Å²) in [5.74, 6) is -1.54. The minimum absolute atomic E-state index is 0.0778. The first kappa shape index (κ1) is 33.4. The van der Waals surface area contributed by atoms with Gasteiger partial charge in [-0.1, -0.05) is 48.0 Å². The molecule has 1 rings (SSSR count). The van der Waals surface area contributed by atoms with Crippen molar-refractivity contribution in [2.45, 2.75) is 112 Å². The largest absolute Gasteiger partial charge is 0.507 e. The Hall–Kier alpha value is -1.64. The zero-order chi connectivity index (χ0) is 28.6. The number of ketones is 1. The van der Waals surface area contributed by atoms with Crippen molar-refractivity contribution in [3.05, 3.63) is 11.5 Å². The molecule has 1 aliphatic rings. The Morgan fingerprint density at radius 2 is 1.65 bits per heavy atom. The van der Waals surface area contributed by atoms with Crippen LogP contribution in [-0.2, 0) is 19.1 Å². The van der Waals surface area contributed by atoms with Gasteiger partial charge in [0.1, 0.15) is 17.3 Å². The molecular weight excluding hydrogens is 474 g/mol. The van der Waals surface area contributed by atoms with Gasteiger partial charge in [-0.3, -0.25) is 14.5 Å². The molecule has 37 heavy (non-hydrogen) atoms. The number of likely N-dealkylation sites (N-methyl/N-ethyl adjacent to an activating group) is 1. The maximum atomic E-state index is 13.0. The Balaban J connectivity index is 2.87. The number of carbonyl (C=O) groups is 2. The number of carboxylic acids is 1. The van der Waals surface area contributed by atoms with E-state index in [1.54, 1.807) is 13.8 Å². The van der Waals surface area contributed by atoms with Crippen LogP contribution < -0.4 is 0 Å². The molecule has 0 radical (unpaired) electrons. The molecule has 10 atom stereocenters. The van der Waals surface area contributed by atoms with Crippen molar-refractivity contribution in [3.8, 4) is 0 Å². The lowest BCUT2D eigenvalue weighted by Gasteiger charge is -2.38.